The molecule has 1 aromatic carbocycles. The van der Waals surface area contributed by atoms with Crippen molar-refractivity contribution < 1.29 is 13.2 Å². The molecule has 2 aromatic rings. The normalized spacial score (nSPS) is 10.8. The highest BCUT2D eigenvalue weighted by molar-refractivity contribution is 7.11. The van der Waals surface area contributed by atoms with Crippen LogP contribution in [0.3, 0.4) is 0 Å². The average Bonchev–Trinajstić information content (AvgIpc) is 2.78. The number of nitrogens with zero attached hydrogens (tertiary/aromatic N) is 1. The van der Waals surface area contributed by atoms with Crippen molar-refractivity contribution in [2.45, 2.75) is 13.0 Å². The molecule has 0 fully saturated rings. The standard InChI is InChI=1S/C11H9F3N2S/c12-8-2-1-6(10(13)11(8)14)3-7-5-16-9(4-15)17-7/h1-2,5H,3-4,15H2. The van der Waals surface area contributed by atoms with Crippen molar-refractivity contribution in [3.63, 3.8) is 0 Å². The summed E-state index contributed by atoms with van der Waals surface area (Å²) < 4.78 is 39.1. The van der Waals surface area contributed by atoms with E-state index in [0.717, 1.165) is 16.0 Å². The molecule has 6 heteroatoms. The zero-order valence-electron chi connectivity index (χ0n) is 8.71. The van der Waals surface area contributed by atoms with Crippen LogP contribution in [0.4, 0.5) is 13.2 Å². The first kappa shape index (κ1) is 12.1. The van der Waals surface area contributed by atoms with E-state index < -0.39 is 17.5 Å². The van der Waals surface area contributed by atoms with Crippen molar-refractivity contribution in [1.29, 1.82) is 0 Å². The van der Waals surface area contributed by atoms with Crippen molar-refractivity contribution >= 4 is 11.3 Å². The Kier molecular flexibility index (Phi) is 3.44. The van der Waals surface area contributed by atoms with Gasteiger partial charge in [0.25, 0.3) is 0 Å². The Labute approximate surface area is 99.9 Å². The third-order valence-corrected chi connectivity index (χ3v) is 3.28. The van der Waals surface area contributed by atoms with Gasteiger partial charge in [-0.1, -0.05) is 6.07 Å². The summed E-state index contributed by atoms with van der Waals surface area (Å²) in [5, 5.41) is 0.725. The highest BCUT2D eigenvalue weighted by atomic mass is 32.1. The van der Waals surface area contributed by atoms with Gasteiger partial charge < -0.3 is 5.73 Å². The van der Waals surface area contributed by atoms with E-state index in [2.05, 4.69) is 4.98 Å². The molecule has 0 aliphatic heterocycles. The maximum Gasteiger partial charge on any atom is 0.194 e. The Morgan fingerprint density at radius 3 is 2.59 bits per heavy atom. The number of nitrogens with two attached hydrogens (primary N) is 1. The van der Waals surface area contributed by atoms with Gasteiger partial charge in [-0.25, -0.2) is 18.2 Å². The van der Waals surface area contributed by atoms with Gasteiger partial charge in [0.2, 0.25) is 0 Å². The summed E-state index contributed by atoms with van der Waals surface area (Å²) in [5.41, 5.74) is 5.50. The molecule has 2 nitrogen and oxygen atoms in total. The van der Waals surface area contributed by atoms with Crippen LogP contribution >= 0.6 is 11.3 Å². The molecule has 0 amide bonds. The molecule has 0 atom stereocenters. The number of hydrogen-bond acceptors (Lipinski definition) is 3. The topological polar surface area (TPSA) is 38.9 Å². The monoisotopic (exact) mass is 258 g/mol. The Balaban J connectivity index is 2.27. The first-order valence-corrected chi connectivity index (χ1v) is 5.69. The van der Waals surface area contributed by atoms with E-state index >= 15 is 0 Å². The van der Waals surface area contributed by atoms with Gasteiger partial charge in [0.05, 0.1) is 0 Å². The second-order valence-corrected chi connectivity index (χ2v) is 4.64. The lowest BCUT2D eigenvalue weighted by atomic mass is 10.1. The van der Waals surface area contributed by atoms with E-state index in [0.29, 0.717) is 6.54 Å². The number of halogens is 3. The van der Waals surface area contributed by atoms with E-state index in [1.807, 2.05) is 0 Å². The molecule has 0 aliphatic carbocycles. The van der Waals surface area contributed by atoms with E-state index in [4.69, 9.17) is 5.73 Å². The van der Waals surface area contributed by atoms with Crippen molar-refractivity contribution in [3.05, 3.63) is 51.2 Å². The lowest BCUT2D eigenvalue weighted by molar-refractivity contribution is 0.442. The maximum atomic E-state index is 13.4. The second kappa shape index (κ2) is 4.85. The van der Waals surface area contributed by atoms with Crippen LogP contribution in [-0.2, 0) is 13.0 Å². The number of thiazole rings is 1. The minimum atomic E-state index is -1.44. The van der Waals surface area contributed by atoms with Crippen molar-refractivity contribution in [2.24, 2.45) is 5.73 Å². The van der Waals surface area contributed by atoms with Gasteiger partial charge in [-0.3, -0.25) is 0 Å². The fourth-order valence-electron chi connectivity index (χ4n) is 1.41. The molecule has 2 rings (SSSR count). The molecule has 2 N–H and O–H groups in total. The van der Waals surface area contributed by atoms with Crippen LogP contribution in [0, 0.1) is 17.5 Å². The summed E-state index contributed by atoms with van der Waals surface area (Å²) >= 11 is 1.33. The highest BCUT2D eigenvalue weighted by Crippen LogP contribution is 2.21. The maximum absolute atomic E-state index is 13.4. The SMILES string of the molecule is NCc1ncc(Cc2ccc(F)c(F)c2F)s1. The Hall–Kier alpha value is -1.40. The molecule has 90 valence electrons. The van der Waals surface area contributed by atoms with Crippen LogP contribution in [0.1, 0.15) is 15.4 Å². The molecule has 0 bridgehead atoms. The molecule has 1 heterocycles. The Bertz CT molecular complexity index is 540. The summed E-state index contributed by atoms with van der Waals surface area (Å²) in [4.78, 5) is 4.76. The highest BCUT2D eigenvalue weighted by Gasteiger charge is 2.14. The molecular formula is C11H9F3N2S. The van der Waals surface area contributed by atoms with Gasteiger partial charge in [-0.15, -0.1) is 11.3 Å². The predicted molar refractivity (Wildman–Crippen MR) is 59.1 cm³/mol. The minimum Gasteiger partial charge on any atom is -0.325 e. The molecule has 0 saturated heterocycles. The Morgan fingerprint density at radius 2 is 1.94 bits per heavy atom. The van der Waals surface area contributed by atoms with Crippen LogP contribution < -0.4 is 5.73 Å². The average molecular weight is 258 g/mol. The summed E-state index contributed by atoms with van der Waals surface area (Å²) in [5.74, 6) is -3.77. The first-order valence-electron chi connectivity index (χ1n) is 4.88. The van der Waals surface area contributed by atoms with E-state index in [1.54, 1.807) is 6.20 Å². The van der Waals surface area contributed by atoms with E-state index in [9.17, 15) is 13.2 Å². The van der Waals surface area contributed by atoms with Gasteiger partial charge in [0.15, 0.2) is 17.5 Å². The quantitative estimate of drug-likeness (QED) is 0.859. The largest absolute Gasteiger partial charge is 0.325 e. The van der Waals surface area contributed by atoms with E-state index in [1.165, 1.54) is 17.4 Å². The van der Waals surface area contributed by atoms with Gasteiger partial charge in [-0.2, -0.15) is 0 Å². The predicted octanol–water partition coefficient (Wildman–Crippen LogP) is 2.61. The zero-order chi connectivity index (χ0) is 12.4. The molecule has 17 heavy (non-hydrogen) atoms. The molecule has 0 unspecified atom stereocenters. The van der Waals surface area contributed by atoms with Crippen LogP contribution in [0.25, 0.3) is 0 Å². The third-order valence-electron chi connectivity index (χ3n) is 2.26. The smallest absolute Gasteiger partial charge is 0.194 e. The number of rotatable bonds is 3. The summed E-state index contributed by atoms with van der Waals surface area (Å²) in [7, 11) is 0. The van der Waals surface area contributed by atoms with Gasteiger partial charge in [0, 0.05) is 24.0 Å². The molecule has 0 aliphatic rings. The molecule has 0 spiro atoms. The molecule has 1 aromatic heterocycles. The summed E-state index contributed by atoms with van der Waals surface area (Å²) in [6.07, 6.45) is 1.74. The Morgan fingerprint density at radius 1 is 1.18 bits per heavy atom. The molecule has 0 radical (unpaired) electrons. The first-order chi connectivity index (χ1) is 8.11. The number of hydrogen-bond donors (Lipinski definition) is 1. The molecule has 0 saturated carbocycles. The number of aromatic nitrogens is 1. The fraction of sp³-hybridized carbons (Fsp3) is 0.182. The minimum absolute atomic E-state index is 0.108. The van der Waals surface area contributed by atoms with Crippen LogP contribution in [0.5, 0.6) is 0 Å². The second-order valence-electron chi connectivity index (χ2n) is 3.44. The van der Waals surface area contributed by atoms with Gasteiger partial charge in [-0.05, 0) is 11.6 Å². The van der Waals surface area contributed by atoms with Crippen molar-refractivity contribution in [1.82, 2.24) is 4.98 Å². The van der Waals surface area contributed by atoms with Crippen LogP contribution in [0.15, 0.2) is 18.3 Å². The van der Waals surface area contributed by atoms with Crippen molar-refractivity contribution in [2.75, 3.05) is 0 Å². The third kappa shape index (κ3) is 2.48. The number of benzene rings is 1. The lowest BCUT2D eigenvalue weighted by Gasteiger charge is -2.02. The molecular weight excluding hydrogens is 249 g/mol. The zero-order valence-corrected chi connectivity index (χ0v) is 9.53. The van der Waals surface area contributed by atoms with Crippen LogP contribution in [-0.4, -0.2) is 4.98 Å². The van der Waals surface area contributed by atoms with Gasteiger partial charge >= 0.3 is 0 Å². The fourth-order valence-corrected chi connectivity index (χ4v) is 2.24. The van der Waals surface area contributed by atoms with Crippen LogP contribution in [0.2, 0.25) is 0 Å². The van der Waals surface area contributed by atoms with Gasteiger partial charge in [0.1, 0.15) is 5.01 Å². The summed E-state index contributed by atoms with van der Waals surface area (Å²) in [6, 6.07) is 2.15. The van der Waals surface area contributed by atoms with Crippen molar-refractivity contribution in [3.8, 4) is 0 Å². The van der Waals surface area contributed by atoms with E-state index in [-0.39, 0.29) is 12.0 Å². The lowest BCUT2D eigenvalue weighted by Crippen LogP contribution is -1.97. The summed E-state index contributed by atoms with van der Waals surface area (Å²) in [6.45, 7) is 0.310.